The van der Waals surface area contributed by atoms with Crippen LogP contribution in [0.1, 0.15) is 10.4 Å². The van der Waals surface area contributed by atoms with E-state index in [1.54, 1.807) is 11.3 Å². The molecule has 0 aliphatic heterocycles. The second-order valence-electron chi connectivity index (χ2n) is 4.40. The Morgan fingerprint density at radius 3 is 2.44 bits per heavy atom. The quantitative estimate of drug-likeness (QED) is 0.898. The highest BCUT2D eigenvalue weighted by Crippen LogP contribution is 2.19. The average molecular weight is 325 g/mol. The maximum absolute atomic E-state index is 3.47. The lowest BCUT2D eigenvalue weighted by molar-refractivity contribution is 0.701. The molecule has 0 aliphatic rings. The lowest BCUT2D eigenvalue weighted by atomic mass is 10.2. The van der Waals surface area contributed by atoms with Crippen molar-refractivity contribution in [1.29, 1.82) is 0 Å². The van der Waals surface area contributed by atoms with Crippen LogP contribution in [0.5, 0.6) is 0 Å². The second kappa shape index (κ2) is 6.36. The number of nitrogens with zero attached hydrogens (tertiary/aromatic N) is 1. The number of anilines is 1. The van der Waals surface area contributed by atoms with Crippen molar-refractivity contribution >= 4 is 33.0 Å². The van der Waals surface area contributed by atoms with E-state index in [2.05, 4.69) is 76.0 Å². The lowest BCUT2D eigenvalue weighted by Gasteiger charge is -2.12. The van der Waals surface area contributed by atoms with Crippen molar-refractivity contribution in [3.8, 4) is 0 Å². The van der Waals surface area contributed by atoms with E-state index in [4.69, 9.17) is 0 Å². The molecule has 96 valence electrons. The van der Waals surface area contributed by atoms with Gasteiger partial charge in [0, 0.05) is 47.6 Å². The third-order valence-electron chi connectivity index (χ3n) is 2.70. The van der Waals surface area contributed by atoms with Crippen LogP contribution < -0.4 is 10.2 Å². The van der Waals surface area contributed by atoms with E-state index in [1.807, 2.05) is 0 Å². The predicted octanol–water partition coefficient (Wildman–Crippen LogP) is 3.87. The standard InChI is InChI=1S/C14H17BrN2S/c1-17(2)13-5-3-11(4-6-13)8-16-9-14-7-12(15)10-18-14/h3-7,10,16H,8-9H2,1-2H3. The lowest BCUT2D eigenvalue weighted by Crippen LogP contribution is -2.12. The molecule has 0 amide bonds. The number of nitrogens with one attached hydrogen (secondary N) is 1. The van der Waals surface area contributed by atoms with Gasteiger partial charge in [-0.15, -0.1) is 11.3 Å². The Kier molecular flexibility index (Phi) is 4.80. The summed E-state index contributed by atoms with van der Waals surface area (Å²) in [6, 6.07) is 10.8. The summed E-state index contributed by atoms with van der Waals surface area (Å²) in [6.45, 7) is 1.83. The molecule has 1 aromatic heterocycles. The number of halogens is 1. The number of benzene rings is 1. The highest BCUT2D eigenvalue weighted by Gasteiger charge is 1.99. The summed E-state index contributed by atoms with van der Waals surface area (Å²) in [5, 5.41) is 5.57. The summed E-state index contributed by atoms with van der Waals surface area (Å²) < 4.78 is 1.17. The zero-order valence-corrected chi connectivity index (χ0v) is 13.0. The minimum absolute atomic E-state index is 0.906. The molecule has 0 atom stereocenters. The Morgan fingerprint density at radius 2 is 1.89 bits per heavy atom. The zero-order chi connectivity index (χ0) is 13.0. The second-order valence-corrected chi connectivity index (χ2v) is 6.31. The summed E-state index contributed by atoms with van der Waals surface area (Å²) >= 11 is 5.24. The molecule has 0 aliphatic carbocycles. The first kappa shape index (κ1) is 13.6. The predicted molar refractivity (Wildman–Crippen MR) is 83.3 cm³/mol. The Labute approximate surface area is 121 Å². The van der Waals surface area contributed by atoms with Crippen molar-refractivity contribution in [3.63, 3.8) is 0 Å². The van der Waals surface area contributed by atoms with Crippen LogP contribution in [-0.4, -0.2) is 14.1 Å². The minimum atomic E-state index is 0.906. The van der Waals surface area contributed by atoms with Gasteiger partial charge < -0.3 is 10.2 Å². The van der Waals surface area contributed by atoms with Gasteiger partial charge in [-0.1, -0.05) is 12.1 Å². The Morgan fingerprint density at radius 1 is 1.17 bits per heavy atom. The van der Waals surface area contributed by atoms with E-state index in [1.165, 1.54) is 20.6 Å². The first-order valence-electron chi connectivity index (χ1n) is 5.85. The highest BCUT2D eigenvalue weighted by molar-refractivity contribution is 9.10. The van der Waals surface area contributed by atoms with Crippen molar-refractivity contribution in [1.82, 2.24) is 5.32 Å². The van der Waals surface area contributed by atoms with E-state index >= 15 is 0 Å². The maximum Gasteiger partial charge on any atom is 0.0361 e. The molecule has 1 N–H and O–H groups in total. The molecule has 1 aromatic carbocycles. The molecule has 0 fully saturated rings. The van der Waals surface area contributed by atoms with Gasteiger partial charge in [0.05, 0.1) is 0 Å². The molecule has 0 saturated heterocycles. The molecule has 2 nitrogen and oxygen atoms in total. The van der Waals surface area contributed by atoms with Gasteiger partial charge in [-0.3, -0.25) is 0 Å². The van der Waals surface area contributed by atoms with Crippen LogP contribution in [0.2, 0.25) is 0 Å². The molecule has 0 unspecified atom stereocenters. The van der Waals surface area contributed by atoms with Crippen LogP contribution in [0.25, 0.3) is 0 Å². The van der Waals surface area contributed by atoms with E-state index in [9.17, 15) is 0 Å². The fourth-order valence-electron chi connectivity index (χ4n) is 1.69. The Hall–Kier alpha value is -0.840. The summed E-state index contributed by atoms with van der Waals surface area (Å²) in [5.41, 5.74) is 2.55. The van der Waals surface area contributed by atoms with Crippen molar-refractivity contribution < 1.29 is 0 Å². The van der Waals surface area contributed by atoms with Crippen molar-refractivity contribution in [2.45, 2.75) is 13.1 Å². The van der Waals surface area contributed by atoms with Gasteiger partial charge in [0.2, 0.25) is 0 Å². The number of hydrogen-bond acceptors (Lipinski definition) is 3. The van der Waals surface area contributed by atoms with Gasteiger partial charge in [0.1, 0.15) is 0 Å². The Balaban J connectivity index is 1.83. The third-order valence-corrected chi connectivity index (χ3v) is 4.40. The van der Waals surface area contributed by atoms with Crippen LogP contribution in [0, 0.1) is 0 Å². The normalized spacial score (nSPS) is 10.6. The van der Waals surface area contributed by atoms with Gasteiger partial charge in [-0.2, -0.15) is 0 Å². The summed E-state index contributed by atoms with van der Waals surface area (Å²) in [5.74, 6) is 0. The maximum atomic E-state index is 3.47. The first-order valence-corrected chi connectivity index (χ1v) is 7.52. The molecule has 0 radical (unpaired) electrons. The van der Waals surface area contributed by atoms with Crippen molar-refractivity contribution in [3.05, 3.63) is 50.6 Å². The van der Waals surface area contributed by atoms with Crippen molar-refractivity contribution in [2.75, 3.05) is 19.0 Å². The fraction of sp³-hybridized carbons (Fsp3) is 0.286. The molecule has 4 heteroatoms. The molecule has 18 heavy (non-hydrogen) atoms. The fourth-order valence-corrected chi connectivity index (χ4v) is 3.11. The van der Waals surface area contributed by atoms with Crippen LogP contribution >= 0.6 is 27.3 Å². The molecule has 0 bridgehead atoms. The molecular weight excluding hydrogens is 308 g/mol. The Bertz CT molecular complexity index is 491. The van der Waals surface area contributed by atoms with Crippen LogP contribution in [0.3, 0.4) is 0 Å². The summed E-state index contributed by atoms with van der Waals surface area (Å²) in [4.78, 5) is 3.46. The molecule has 0 spiro atoms. The van der Waals surface area contributed by atoms with E-state index in [0.717, 1.165) is 13.1 Å². The molecule has 0 saturated carbocycles. The van der Waals surface area contributed by atoms with Gasteiger partial charge in [-0.05, 0) is 39.7 Å². The molecule has 1 heterocycles. The van der Waals surface area contributed by atoms with Crippen LogP contribution in [-0.2, 0) is 13.1 Å². The van der Waals surface area contributed by atoms with Gasteiger partial charge >= 0.3 is 0 Å². The average Bonchev–Trinajstić information content (AvgIpc) is 2.76. The van der Waals surface area contributed by atoms with Crippen LogP contribution in [0.4, 0.5) is 5.69 Å². The smallest absolute Gasteiger partial charge is 0.0361 e. The zero-order valence-electron chi connectivity index (χ0n) is 10.6. The highest BCUT2D eigenvalue weighted by atomic mass is 79.9. The van der Waals surface area contributed by atoms with Gasteiger partial charge in [-0.25, -0.2) is 0 Å². The van der Waals surface area contributed by atoms with E-state index < -0.39 is 0 Å². The van der Waals surface area contributed by atoms with E-state index in [-0.39, 0.29) is 0 Å². The minimum Gasteiger partial charge on any atom is -0.378 e. The number of thiophene rings is 1. The molecule has 2 aromatic rings. The van der Waals surface area contributed by atoms with Gasteiger partial charge in [0.15, 0.2) is 0 Å². The largest absolute Gasteiger partial charge is 0.378 e. The topological polar surface area (TPSA) is 15.3 Å². The SMILES string of the molecule is CN(C)c1ccc(CNCc2cc(Br)cs2)cc1. The summed E-state index contributed by atoms with van der Waals surface area (Å²) in [7, 11) is 4.11. The van der Waals surface area contributed by atoms with E-state index in [0.29, 0.717) is 0 Å². The van der Waals surface area contributed by atoms with Crippen molar-refractivity contribution in [2.24, 2.45) is 0 Å². The summed E-state index contributed by atoms with van der Waals surface area (Å²) in [6.07, 6.45) is 0. The number of hydrogen-bond donors (Lipinski definition) is 1. The van der Waals surface area contributed by atoms with Crippen LogP contribution in [0.15, 0.2) is 40.2 Å². The monoisotopic (exact) mass is 324 g/mol. The first-order chi connectivity index (χ1) is 8.65. The molecule has 2 rings (SSSR count). The molecular formula is C14H17BrN2S. The number of rotatable bonds is 5. The van der Waals surface area contributed by atoms with Gasteiger partial charge in [0.25, 0.3) is 0 Å². The third kappa shape index (κ3) is 3.83.